The summed E-state index contributed by atoms with van der Waals surface area (Å²) in [6, 6.07) is 12.8. The number of rotatable bonds is 4. The third-order valence-electron chi connectivity index (χ3n) is 9.88. The van der Waals surface area contributed by atoms with Gasteiger partial charge in [0.05, 0.1) is 85.7 Å². The van der Waals surface area contributed by atoms with Gasteiger partial charge in [0.15, 0.2) is 0 Å². The average Bonchev–Trinajstić information content (AvgIpc) is 3.42. The van der Waals surface area contributed by atoms with Crippen LogP contribution >= 0.6 is 94.1 Å². The van der Waals surface area contributed by atoms with E-state index >= 15 is 0 Å². The van der Waals surface area contributed by atoms with E-state index in [-0.39, 0.29) is 98.4 Å². The van der Waals surface area contributed by atoms with E-state index in [0.29, 0.717) is 92.0 Å². The van der Waals surface area contributed by atoms with Crippen molar-refractivity contribution in [3.63, 3.8) is 0 Å². The van der Waals surface area contributed by atoms with Crippen LogP contribution in [-0.4, -0.2) is 171 Å². The number of amides is 8. The lowest BCUT2D eigenvalue weighted by Crippen LogP contribution is -2.32. The zero-order chi connectivity index (χ0) is 57.7. The predicted octanol–water partition coefficient (Wildman–Crippen LogP) is 5.24. The number of carboxylic acid groups (broad SMARTS) is 4. The Morgan fingerprint density at radius 1 is 0.367 bits per heavy atom. The topological polar surface area (TPSA) is 382 Å². The Morgan fingerprint density at radius 3 is 1.14 bits per heavy atom. The van der Waals surface area contributed by atoms with Crippen molar-refractivity contribution in [2.45, 2.75) is 12.8 Å². The van der Waals surface area contributed by atoms with E-state index in [1.807, 2.05) is 0 Å². The summed E-state index contributed by atoms with van der Waals surface area (Å²) in [7, 11) is 0. The van der Waals surface area contributed by atoms with Gasteiger partial charge in [0, 0.05) is 50.5 Å². The molecular weight excluding hydrogens is 1190 g/mol. The Kier molecular flexibility index (Phi) is 29.6. The zero-order valence-corrected chi connectivity index (χ0v) is 48.1. The first kappa shape index (κ1) is 65.6. The lowest BCUT2D eigenvalue weighted by atomic mass is 10.0. The first-order valence-corrected chi connectivity index (χ1v) is 32.3. The SMILES string of the molecule is O=C1CSCSCC(=O)NCCC(C(=O)O)CCN1.O=C1CSCSCC(=O)Nc2cc(C(=O)O)ccc2N1.O=C1CSCSCC(=O)Nc2cc(cc(C(=O)O)c2)N1.O=C1CSCSCC(=O)Nc2ccc(cc2C(=O)O)N1. The molecule has 0 unspecified atom stereocenters. The highest BCUT2D eigenvalue weighted by Crippen LogP contribution is 2.27. The Morgan fingerprint density at radius 2 is 0.734 bits per heavy atom. The van der Waals surface area contributed by atoms with Crippen molar-refractivity contribution in [2.75, 3.05) is 111 Å². The number of hydrogen-bond donors (Lipinski definition) is 12. The van der Waals surface area contributed by atoms with Crippen LogP contribution in [0.1, 0.15) is 43.9 Å². The molecule has 8 rings (SSSR count). The van der Waals surface area contributed by atoms with Gasteiger partial charge < -0.3 is 63.0 Å². The second-order valence-corrected chi connectivity index (χ2v) is 25.4. The lowest BCUT2D eigenvalue weighted by Gasteiger charge is -2.14. The molecule has 3 aromatic rings. The smallest absolute Gasteiger partial charge is 0.337 e. The van der Waals surface area contributed by atoms with Gasteiger partial charge in [-0.2, -0.15) is 0 Å². The van der Waals surface area contributed by atoms with Crippen molar-refractivity contribution < 1.29 is 78.0 Å². The highest BCUT2D eigenvalue weighted by Gasteiger charge is 2.20. The van der Waals surface area contributed by atoms with Gasteiger partial charge >= 0.3 is 23.9 Å². The molecule has 79 heavy (non-hydrogen) atoms. The summed E-state index contributed by atoms with van der Waals surface area (Å²) < 4.78 is 0. The largest absolute Gasteiger partial charge is 0.481 e. The highest BCUT2D eigenvalue weighted by atomic mass is 32.2. The van der Waals surface area contributed by atoms with Gasteiger partial charge in [-0.15, -0.1) is 94.1 Å². The zero-order valence-electron chi connectivity index (χ0n) is 41.5. The average molecular weight is 1240 g/mol. The summed E-state index contributed by atoms with van der Waals surface area (Å²) in [6.45, 7) is 0.717. The fourth-order valence-electron chi connectivity index (χ4n) is 6.42. The van der Waals surface area contributed by atoms with Gasteiger partial charge in [-0.05, 0) is 67.4 Å². The number of hydrogen-bond acceptors (Lipinski definition) is 20. The molecule has 24 nitrogen and oxygen atoms in total. The molecule has 3 aromatic carbocycles. The summed E-state index contributed by atoms with van der Waals surface area (Å²) in [5, 5.41) is 60.0. The fourth-order valence-corrected chi connectivity index (χ4v) is 13.1. The van der Waals surface area contributed by atoms with Crippen LogP contribution in [0.2, 0.25) is 0 Å². The number of carboxylic acids is 4. The van der Waals surface area contributed by atoms with Crippen LogP contribution in [0.15, 0.2) is 54.6 Å². The van der Waals surface area contributed by atoms with Crippen LogP contribution in [-0.2, 0) is 43.2 Å². The van der Waals surface area contributed by atoms with Gasteiger partial charge in [0.25, 0.3) is 0 Å². The second kappa shape index (κ2) is 35.7. The van der Waals surface area contributed by atoms with Crippen molar-refractivity contribution in [2.24, 2.45) is 5.92 Å². The Bertz CT molecular complexity index is 2680. The van der Waals surface area contributed by atoms with Crippen molar-refractivity contribution in [3.8, 4) is 0 Å². The van der Waals surface area contributed by atoms with E-state index < -0.39 is 29.8 Å². The number of anilines is 6. The maximum absolute atomic E-state index is 11.7. The third kappa shape index (κ3) is 26.3. The molecule has 8 amide bonds. The van der Waals surface area contributed by atoms with Gasteiger partial charge in [0.2, 0.25) is 47.3 Å². The number of benzene rings is 3. The first-order valence-electron chi connectivity index (χ1n) is 23.1. The van der Waals surface area contributed by atoms with E-state index in [1.54, 1.807) is 12.1 Å². The minimum absolute atomic E-state index is 0.00969. The molecule has 0 saturated carbocycles. The predicted molar refractivity (Wildman–Crippen MR) is 317 cm³/mol. The summed E-state index contributed by atoms with van der Waals surface area (Å²) >= 11 is 11.3. The molecule has 5 aliphatic rings. The minimum atomic E-state index is -1.16. The Labute approximate surface area is 486 Å². The molecule has 1 saturated heterocycles. The summed E-state index contributed by atoms with van der Waals surface area (Å²) in [6.07, 6.45) is 0.771. The Balaban J connectivity index is 0.000000227. The molecule has 0 radical (unpaired) electrons. The van der Waals surface area contributed by atoms with Crippen LogP contribution in [0.3, 0.4) is 0 Å². The van der Waals surface area contributed by atoms with Crippen LogP contribution in [0, 0.1) is 5.92 Å². The number of fused-ring (bicyclic) bond motifs is 13. The molecule has 0 spiro atoms. The van der Waals surface area contributed by atoms with Crippen LogP contribution in [0.5, 0.6) is 0 Å². The number of nitrogens with one attached hydrogen (secondary N) is 8. The van der Waals surface area contributed by atoms with Crippen molar-refractivity contribution in [3.05, 3.63) is 71.3 Å². The molecule has 0 aromatic heterocycles. The minimum Gasteiger partial charge on any atom is -0.481 e. The van der Waals surface area contributed by atoms with Crippen molar-refractivity contribution in [1.29, 1.82) is 0 Å². The molecule has 5 heterocycles. The molecule has 426 valence electrons. The summed E-state index contributed by atoms with van der Waals surface area (Å²) in [5.41, 5.74) is 2.07. The van der Waals surface area contributed by atoms with E-state index in [4.69, 9.17) is 20.4 Å². The monoisotopic (exact) mass is 1240 g/mol. The molecular formula is C47H54N8O16S8. The second-order valence-electron chi connectivity index (χ2n) is 16.1. The maximum Gasteiger partial charge on any atom is 0.337 e. The third-order valence-corrected chi connectivity index (χ3v) is 18.9. The number of aromatic carboxylic acids is 3. The highest BCUT2D eigenvalue weighted by molar-refractivity contribution is 8.17. The van der Waals surface area contributed by atoms with E-state index in [0.717, 1.165) is 0 Å². The molecule has 5 aliphatic heterocycles. The number of carbonyl (C=O) groups excluding carboxylic acids is 8. The first-order chi connectivity index (χ1) is 37.8. The molecule has 12 N–H and O–H groups in total. The lowest BCUT2D eigenvalue weighted by molar-refractivity contribution is -0.142. The van der Waals surface area contributed by atoms with E-state index in [2.05, 4.69) is 42.5 Å². The number of aliphatic carboxylic acids is 1. The standard InChI is InChI=1S/3C12H12N2O4S2.C11H18N2O4S2/c15-10-4-19-6-20-5-11(16)14-9-2-7(12(17)18)1-8(3-9)13-10;15-10-4-19-6-20-5-11(16)14-9-2-1-7(13-10)3-8(9)12(17)18;15-10-4-19-6-20-5-11(16)14-9-3-7(12(17)18)1-2-8(9)13-10;14-9-5-18-7-19-6-10(15)13-4-2-8(11(16)17)1-3-12-9/h3*1-3H,4-6H2,(H,13,15)(H,14,16)(H,17,18);8H,1-7H2,(H,12,14)(H,13,15)(H,16,17). The quantitative estimate of drug-likeness (QED) is 0.159. The van der Waals surface area contributed by atoms with Crippen LogP contribution in [0.4, 0.5) is 34.1 Å². The summed E-state index contributed by atoms with van der Waals surface area (Å²) in [4.78, 5) is 137. The summed E-state index contributed by atoms with van der Waals surface area (Å²) in [5.74, 6) is -3.99. The number of thioether (sulfide) groups is 8. The van der Waals surface area contributed by atoms with Crippen molar-refractivity contribution in [1.82, 2.24) is 10.6 Å². The molecule has 4 bridgehead atoms. The van der Waals surface area contributed by atoms with Crippen LogP contribution < -0.4 is 42.5 Å². The van der Waals surface area contributed by atoms with E-state index in [9.17, 15) is 57.5 Å². The van der Waals surface area contributed by atoms with Gasteiger partial charge in [-0.25, -0.2) is 14.4 Å². The maximum atomic E-state index is 11.7. The van der Waals surface area contributed by atoms with Gasteiger partial charge in [0.1, 0.15) is 0 Å². The normalized spacial score (nSPS) is 17.5. The van der Waals surface area contributed by atoms with Gasteiger partial charge in [-0.1, -0.05) is 0 Å². The fraction of sp³-hybridized carbons (Fsp3) is 0.362. The van der Waals surface area contributed by atoms with Gasteiger partial charge in [-0.3, -0.25) is 43.2 Å². The van der Waals surface area contributed by atoms with Crippen LogP contribution in [0.25, 0.3) is 0 Å². The molecule has 1 fully saturated rings. The molecule has 0 atom stereocenters. The molecule has 32 heteroatoms. The van der Waals surface area contributed by atoms with Crippen molar-refractivity contribution >= 4 is 199 Å². The molecule has 0 aliphatic carbocycles. The Hall–Kier alpha value is -5.90. The van der Waals surface area contributed by atoms with E-state index in [1.165, 1.54) is 137 Å². The number of carbonyl (C=O) groups is 12.